The number of aromatic nitrogens is 1. The standard InChI is InChI=1S/C27H18ClF4N3O2S/c1-14-33-24-19-4-2-3-5-22(19)35(11-10-23(24)38-14)26(37)18-9-7-16(13-21(18)28)34-25(36)17-8-6-15(29)12-20(17)27(30,31)32/h2-9,12-13H,10-11H2,1H3,(H,34,36). The minimum Gasteiger partial charge on any atom is -0.322 e. The Balaban J connectivity index is 1.42. The van der Waals surface area contributed by atoms with Gasteiger partial charge in [0.2, 0.25) is 0 Å². The Morgan fingerprint density at radius 1 is 1.05 bits per heavy atom. The summed E-state index contributed by atoms with van der Waals surface area (Å²) in [6.45, 7) is 2.33. The molecule has 38 heavy (non-hydrogen) atoms. The van der Waals surface area contributed by atoms with Crippen molar-refractivity contribution in [3.8, 4) is 11.3 Å². The van der Waals surface area contributed by atoms with E-state index in [0.29, 0.717) is 18.7 Å². The average Bonchev–Trinajstić information content (AvgIpc) is 3.16. The van der Waals surface area contributed by atoms with E-state index in [1.54, 1.807) is 16.2 Å². The van der Waals surface area contributed by atoms with Crippen LogP contribution in [0, 0.1) is 12.7 Å². The number of nitrogens with zero attached hydrogens (tertiary/aromatic N) is 2. The molecule has 0 saturated carbocycles. The summed E-state index contributed by atoms with van der Waals surface area (Å²) in [4.78, 5) is 33.5. The summed E-state index contributed by atoms with van der Waals surface area (Å²) in [7, 11) is 0. The van der Waals surface area contributed by atoms with Crippen LogP contribution in [0.15, 0.2) is 60.7 Å². The third-order valence-corrected chi connectivity index (χ3v) is 7.39. The van der Waals surface area contributed by atoms with E-state index in [1.807, 2.05) is 31.2 Å². The molecular weight excluding hydrogens is 542 g/mol. The van der Waals surface area contributed by atoms with Crippen molar-refractivity contribution in [2.24, 2.45) is 0 Å². The van der Waals surface area contributed by atoms with Gasteiger partial charge in [-0.1, -0.05) is 29.8 Å². The molecule has 3 aromatic carbocycles. The van der Waals surface area contributed by atoms with Gasteiger partial charge in [-0.25, -0.2) is 9.37 Å². The number of anilines is 2. The first kappa shape index (κ1) is 25.9. The molecule has 2 amide bonds. The summed E-state index contributed by atoms with van der Waals surface area (Å²) in [5, 5.41) is 3.28. The van der Waals surface area contributed by atoms with Crippen molar-refractivity contribution >= 4 is 46.1 Å². The molecule has 0 unspecified atom stereocenters. The van der Waals surface area contributed by atoms with Gasteiger partial charge in [0.1, 0.15) is 5.82 Å². The molecule has 1 aliphatic rings. The van der Waals surface area contributed by atoms with Crippen molar-refractivity contribution in [3.05, 3.63) is 98.1 Å². The number of amides is 2. The molecule has 0 bridgehead atoms. The van der Waals surface area contributed by atoms with Gasteiger partial charge < -0.3 is 10.2 Å². The number of hydrogen-bond donors (Lipinski definition) is 1. The molecule has 11 heteroatoms. The first-order valence-electron chi connectivity index (χ1n) is 11.4. The molecule has 5 nitrogen and oxygen atoms in total. The molecule has 0 saturated heterocycles. The molecule has 1 N–H and O–H groups in total. The van der Waals surface area contributed by atoms with Gasteiger partial charge in [-0.15, -0.1) is 11.3 Å². The van der Waals surface area contributed by atoms with Crippen LogP contribution in [-0.2, 0) is 12.6 Å². The first-order valence-corrected chi connectivity index (χ1v) is 12.6. The van der Waals surface area contributed by atoms with Gasteiger partial charge in [-0.2, -0.15) is 13.2 Å². The fourth-order valence-electron chi connectivity index (χ4n) is 4.36. The molecule has 0 fully saturated rings. The Bertz CT molecular complexity index is 1590. The summed E-state index contributed by atoms with van der Waals surface area (Å²) in [6.07, 6.45) is -4.32. The first-order chi connectivity index (χ1) is 18.0. The predicted octanol–water partition coefficient (Wildman–Crippen LogP) is 7.39. The average molecular weight is 560 g/mol. The lowest BCUT2D eigenvalue weighted by Gasteiger charge is -2.23. The fourth-order valence-corrected chi connectivity index (χ4v) is 5.56. The number of thiazole rings is 1. The quantitative estimate of drug-likeness (QED) is 0.266. The number of fused-ring (bicyclic) bond motifs is 3. The van der Waals surface area contributed by atoms with E-state index in [0.717, 1.165) is 33.3 Å². The van der Waals surface area contributed by atoms with Crippen LogP contribution in [0.5, 0.6) is 0 Å². The second-order valence-corrected chi connectivity index (χ2v) is 10.3. The molecule has 1 aromatic heterocycles. The van der Waals surface area contributed by atoms with E-state index in [4.69, 9.17) is 11.6 Å². The van der Waals surface area contributed by atoms with Crippen molar-refractivity contribution < 1.29 is 27.2 Å². The highest BCUT2D eigenvalue weighted by Gasteiger charge is 2.36. The third kappa shape index (κ3) is 4.89. The van der Waals surface area contributed by atoms with Gasteiger partial charge >= 0.3 is 6.18 Å². The summed E-state index contributed by atoms with van der Waals surface area (Å²) < 4.78 is 53.4. The Hall–Kier alpha value is -3.76. The number of alkyl halides is 3. The number of nitrogens with one attached hydrogen (secondary N) is 1. The minimum atomic E-state index is -4.93. The van der Waals surface area contributed by atoms with Crippen LogP contribution in [0.4, 0.5) is 28.9 Å². The molecular formula is C27H18ClF4N3O2S. The van der Waals surface area contributed by atoms with E-state index in [1.165, 1.54) is 18.2 Å². The largest absolute Gasteiger partial charge is 0.417 e. The topological polar surface area (TPSA) is 62.3 Å². The van der Waals surface area contributed by atoms with Crippen LogP contribution in [0.25, 0.3) is 11.3 Å². The molecule has 194 valence electrons. The van der Waals surface area contributed by atoms with E-state index in [9.17, 15) is 27.2 Å². The Labute approximate surface area is 223 Å². The number of carbonyl (C=O) groups excluding carboxylic acids is 2. The molecule has 0 atom stereocenters. The zero-order valence-corrected chi connectivity index (χ0v) is 21.3. The molecule has 1 aliphatic heterocycles. The number of benzene rings is 3. The summed E-state index contributed by atoms with van der Waals surface area (Å²) in [5.74, 6) is -2.58. The minimum absolute atomic E-state index is 0.00780. The molecule has 5 rings (SSSR count). The molecule has 4 aromatic rings. The van der Waals surface area contributed by atoms with Gasteiger partial charge in [0.05, 0.1) is 38.1 Å². The molecule has 2 heterocycles. The highest BCUT2D eigenvalue weighted by molar-refractivity contribution is 7.12. The van der Waals surface area contributed by atoms with Crippen molar-refractivity contribution in [2.45, 2.75) is 19.5 Å². The van der Waals surface area contributed by atoms with E-state index < -0.39 is 29.0 Å². The maximum Gasteiger partial charge on any atom is 0.417 e. The molecule has 0 aliphatic carbocycles. The summed E-state index contributed by atoms with van der Waals surface area (Å²) in [6, 6.07) is 13.3. The number of para-hydroxylation sites is 1. The van der Waals surface area contributed by atoms with E-state index >= 15 is 0 Å². The van der Waals surface area contributed by atoms with Gasteiger partial charge in [-0.05, 0) is 49.4 Å². The SMILES string of the molecule is Cc1nc2c(s1)CCN(C(=O)c1ccc(NC(=O)c3ccc(F)cc3C(F)(F)F)cc1Cl)c1ccccc1-2. The number of carbonyl (C=O) groups is 2. The van der Waals surface area contributed by atoms with Crippen LogP contribution >= 0.6 is 22.9 Å². The third-order valence-electron chi connectivity index (χ3n) is 6.05. The smallest absolute Gasteiger partial charge is 0.322 e. The number of halogens is 5. The van der Waals surface area contributed by atoms with Crippen LogP contribution in [0.1, 0.15) is 36.2 Å². The van der Waals surface area contributed by atoms with Crippen LogP contribution in [0.3, 0.4) is 0 Å². The second-order valence-electron chi connectivity index (χ2n) is 8.57. The highest BCUT2D eigenvalue weighted by Crippen LogP contribution is 2.39. The number of hydrogen-bond acceptors (Lipinski definition) is 4. The van der Waals surface area contributed by atoms with Crippen LogP contribution in [0.2, 0.25) is 5.02 Å². The lowest BCUT2D eigenvalue weighted by atomic mass is 10.1. The van der Waals surface area contributed by atoms with Crippen LogP contribution < -0.4 is 10.2 Å². The van der Waals surface area contributed by atoms with E-state index in [-0.39, 0.29) is 28.2 Å². The maximum absolute atomic E-state index is 13.6. The van der Waals surface area contributed by atoms with Gasteiger partial charge in [0.25, 0.3) is 11.8 Å². The van der Waals surface area contributed by atoms with Crippen molar-refractivity contribution in [1.82, 2.24) is 4.98 Å². The lowest BCUT2D eigenvalue weighted by molar-refractivity contribution is -0.138. The molecule has 0 radical (unpaired) electrons. The Morgan fingerprint density at radius 3 is 2.53 bits per heavy atom. The van der Waals surface area contributed by atoms with Crippen molar-refractivity contribution in [3.63, 3.8) is 0 Å². The fraction of sp³-hybridized carbons (Fsp3) is 0.148. The molecule has 0 spiro atoms. The summed E-state index contributed by atoms with van der Waals surface area (Å²) in [5.41, 5.74) is 0.461. The monoisotopic (exact) mass is 559 g/mol. The maximum atomic E-state index is 13.6. The second kappa shape index (κ2) is 9.85. The Kier molecular flexibility index (Phi) is 6.70. The van der Waals surface area contributed by atoms with Gasteiger partial charge in [0, 0.05) is 29.1 Å². The van der Waals surface area contributed by atoms with Crippen molar-refractivity contribution in [1.29, 1.82) is 0 Å². The van der Waals surface area contributed by atoms with Gasteiger partial charge in [0.15, 0.2) is 0 Å². The Morgan fingerprint density at radius 2 is 1.79 bits per heavy atom. The van der Waals surface area contributed by atoms with Gasteiger partial charge in [-0.3, -0.25) is 9.59 Å². The number of rotatable bonds is 3. The normalized spacial score (nSPS) is 12.9. The zero-order chi connectivity index (χ0) is 27.2. The summed E-state index contributed by atoms with van der Waals surface area (Å²) >= 11 is 8.00. The predicted molar refractivity (Wildman–Crippen MR) is 138 cm³/mol. The van der Waals surface area contributed by atoms with Crippen LogP contribution in [-0.4, -0.2) is 23.3 Å². The lowest BCUT2D eigenvalue weighted by Crippen LogP contribution is -2.32. The zero-order valence-electron chi connectivity index (χ0n) is 19.7. The highest BCUT2D eigenvalue weighted by atomic mass is 35.5. The number of aryl methyl sites for hydroxylation is 1. The van der Waals surface area contributed by atoms with Crippen molar-refractivity contribution in [2.75, 3.05) is 16.8 Å². The van der Waals surface area contributed by atoms with E-state index in [2.05, 4.69) is 10.3 Å².